The lowest BCUT2D eigenvalue weighted by Gasteiger charge is -2.39. The summed E-state index contributed by atoms with van der Waals surface area (Å²) in [6, 6.07) is 19.3. The molecule has 3 heterocycles. The number of piperazine rings is 1. The van der Waals surface area contributed by atoms with E-state index in [9.17, 15) is 9.59 Å². The van der Waals surface area contributed by atoms with Gasteiger partial charge in [-0.25, -0.2) is 0 Å². The summed E-state index contributed by atoms with van der Waals surface area (Å²) in [4.78, 5) is 28.8. The van der Waals surface area contributed by atoms with Crippen molar-refractivity contribution in [3.63, 3.8) is 0 Å². The van der Waals surface area contributed by atoms with E-state index in [0.717, 1.165) is 17.0 Å². The van der Waals surface area contributed by atoms with Gasteiger partial charge in [0.15, 0.2) is 12.4 Å². The van der Waals surface area contributed by atoms with Crippen LogP contribution in [0.4, 0.5) is 0 Å². The Morgan fingerprint density at radius 2 is 1.72 bits per heavy atom. The van der Waals surface area contributed by atoms with Gasteiger partial charge < -0.3 is 23.7 Å². The third-order valence-electron chi connectivity index (χ3n) is 7.80. The van der Waals surface area contributed by atoms with Gasteiger partial charge in [-0.2, -0.15) is 0 Å². The average molecular weight is 551 g/mol. The van der Waals surface area contributed by atoms with Crippen LogP contribution in [0.2, 0.25) is 5.02 Å². The molecule has 5 rings (SSSR count). The minimum Gasteiger partial charge on any atom is -0.484 e. The third-order valence-corrected chi connectivity index (χ3v) is 8.03. The zero-order valence-corrected chi connectivity index (χ0v) is 23.2. The molecule has 0 N–H and O–H groups in total. The molecule has 2 aliphatic heterocycles. The van der Waals surface area contributed by atoms with E-state index in [1.807, 2.05) is 36.4 Å². The number of benzene rings is 2. The largest absolute Gasteiger partial charge is 0.484 e. The van der Waals surface area contributed by atoms with E-state index >= 15 is 0 Å². The van der Waals surface area contributed by atoms with Crippen LogP contribution in [-0.4, -0.2) is 61.0 Å². The summed E-state index contributed by atoms with van der Waals surface area (Å²) in [6.45, 7) is 6.92. The van der Waals surface area contributed by atoms with E-state index in [1.54, 1.807) is 21.9 Å². The highest BCUT2D eigenvalue weighted by Crippen LogP contribution is 2.44. The van der Waals surface area contributed by atoms with Crippen molar-refractivity contribution in [3.05, 3.63) is 88.8 Å². The first-order chi connectivity index (χ1) is 18.9. The van der Waals surface area contributed by atoms with Crippen LogP contribution in [0.15, 0.2) is 71.3 Å². The molecule has 2 fully saturated rings. The van der Waals surface area contributed by atoms with Crippen LogP contribution >= 0.6 is 11.6 Å². The molecular formula is C31H35ClN2O5. The molecule has 2 aromatic carbocycles. The van der Waals surface area contributed by atoms with Gasteiger partial charge in [-0.15, -0.1) is 0 Å². The normalized spacial score (nSPS) is 21.7. The minimum absolute atomic E-state index is 0.0422. The Hall–Kier alpha value is -3.29. The highest BCUT2D eigenvalue weighted by atomic mass is 35.5. The first kappa shape index (κ1) is 27.3. The van der Waals surface area contributed by atoms with Crippen molar-refractivity contribution in [2.45, 2.75) is 32.3 Å². The molecule has 1 aromatic heterocycles. The fourth-order valence-electron chi connectivity index (χ4n) is 5.55. The number of furan rings is 1. The first-order valence-corrected chi connectivity index (χ1v) is 14.0. The van der Waals surface area contributed by atoms with E-state index in [2.05, 4.69) is 26.0 Å². The van der Waals surface area contributed by atoms with Gasteiger partial charge in [0.25, 0.3) is 11.8 Å². The third kappa shape index (κ3) is 6.48. The fraction of sp³-hybridized carbons (Fsp3) is 0.419. The lowest BCUT2D eigenvalue weighted by Crippen LogP contribution is -2.51. The van der Waals surface area contributed by atoms with Gasteiger partial charge in [-0.1, -0.05) is 49.7 Å². The molecule has 39 heavy (non-hydrogen) atoms. The second-order valence-electron chi connectivity index (χ2n) is 10.7. The van der Waals surface area contributed by atoms with Gasteiger partial charge in [-0.3, -0.25) is 9.59 Å². The molecule has 2 aliphatic rings. The molecule has 206 valence electrons. The highest BCUT2D eigenvalue weighted by molar-refractivity contribution is 6.30. The summed E-state index contributed by atoms with van der Waals surface area (Å²) in [5, 5.41) is 0.749. The molecule has 0 aliphatic carbocycles. The van der Waals surface area contributed by atoms with Crippen LogP contribution in [0.1, 0.15) is 54.0 Å². The molecule has 0 unspecified atom stereocenters. The van der Waals surface area contributed by atoms with E-state index in [1.165, 1.54) is 11.8 Å². The Bertz CT molecular complexity index is 1270. The van der Waals surface area contributed by atoms with Crippen LogP contribution in [0.3, 0.4) is 0 Å². The predicted octanol–water partition coefficient (Wildman–Crippen LogP) is 5.81. The van der Waals surface area contributed by atoms with Crippen molar-refractivity contribution in [2.24, 2.45) is 11.8 Å². The minimum atomic E-state index is -0.149. The Labute approximate surface area is 234 Å². The van der Waals surface area contributed by atoms with Crippen molar-refractivity contribution < 1.29 is 23.5 Å². The lowest BCUT2D eigenvalue weighted by molar-refractivity contribution is -0.134. The van der Waals surface area contributed by atoms with Crippen LogP contribution in [-0.2, 0) is 9.53 Å². The topological polar surface area (TPSA) is 72.2 Å². The smallest absolute Gasteiger partial charge is 0.289 e. The Morgan fingerprint density at radius 3 is 2.44 bits per heavy atom. The summed E-state index contributed by atoms with van der Waals surface area (Å²) >= 11 is 6.24. The number of amides is 2. The molecule has 8 heteroatoms. The van der Waals surface area contributed by atoms with Gasteiger partial charge in [-0.05, 0) is 65.8 Å². The molecule has 2 saturated heterocycles. The van der Waals surface area contributed by atoms with Gasteiger partial charge in [0, 0.05) is 37.1 Å². The van der Waals surface area contributed by atoms with Crippen molar-refractivity contribution >= 4 is 23.4 Å². The van der Waals surface area contributed by atoms with Crippen LogP contribution in [0, 0.1) is 11.8 Å². The van der Waals surface area contributed by atoms with Gasteiger partial charge >= 0.3 is 0 Å². The fourth-order valence-corrected chi connectivity index (χ4v) is 5.75. The summed E-state index contributed by atoms with van der Waals surface area (Å²) in [5.41, 5.74) is 2.28. The van der Waals surface area contributed by atoms with E-state index in [4.69, 9.17) is 25.5 Å². The number of rotatable bonds is 7. The van der Waals surface area contributed by atoms with Crippen LogP contribution in [0.25, 0.3) is 0 Å². The second kappa shape index (κ2) is 12.3. The second-order valence-corrected chi connectivity index (χ2v) is 11.1. The number of carbonyl (C=O) groups excluding carboxylic acids is 2. The molecule has 3 atom stereocenters. The summed E-state index contributed by atoms with van der Waals surface area (Å²) in [6.07, 6.45) is 2.46. The molecule has 2 amide bonds. The number of hydrogen-bond donors (Lipinski definition) is 0. The average Bonchev–Trinajstić information content (AvgIpc) is 3.51. The van der Waals surface area contributed by atoms with Gasteiger partial charge in [0.05, 0.1) is 19.0 Å². The SMILES string of the molecule is CC(C)[C@@H]1C[C@H](c2cccc(Cl)c2)CO[C@H]1c1cccc(OCC(=O)N2CCN(C(=O)c3ccco3)CC2)c1. The molecule has 7 nitrogen and oxygen atoms in total. The molecule has 3 aromatic rings. The first-order valence-electron chi connectivity index (χ1n) is 13.6. The number of halogens is 1. The lowest BCUT2D eigenvalue weighted by atomic mass is 9.76. The van der Waals surface area contributed by atoms with E-state index in [-0.39, 0.29) is 24.5 Å². The van der Waals surface area contributed by atoms with Crippen molar-refractivity contribution in [1.82, 2.24) is 9.80 Å². The zero-order valence-electron chi connectivity index (χ0n) is 22.4. The van der Waals surface area contributed by atoms with Crippen molar-refractivity contribution in [1.29, 1.82) is 0 Å². The highest BCUT2D eigenvalue weighted by Gasteiger charge is 2.35. The monoisotopic (exact) mass is 550 g/mol. The molecule has 0 radical (unpaired) electrons. The predicted molar refractivity (Wildman–Crippen MR) is 149 cm³/mol. The van der Waals surface area contributed by atoms with Crippen LogP contribution in [0.5, 0.6) is 5.75 Å². The quantitative estimate of drug-likeness (QED) is 0.371. The number of hydrogen-bond acceptors (Lipinski definition) is 5. The van der Waals surface area contributed by atoms with Crippen LogP contribution < -0.4 is 4.74 Å². The standard InChI is InChI=1S/C31H35ClN2O5/c1-21(2)27-18-24(22-6-3-8-25(32)16-22)19-39-30(27)23-7-4-9-26(17-23)38-20-29(35)33-11-13-34(14-12-33)31(36)28-10-5-15-37-28/h3-10,15-17,21,24,27,30H,11-14,18-20H2,1-2H3/t24-,27-,30-/m0/s1. The summed E-state index contributed by atoms with van der Waals surface area (Å²) < 4.78 is 17.6. The van der Waals surface area contributed by atoms with E-state index < -0.39 is 0 Å². The Morgan fingerprint density at radius 1 is 0.974 bits per heavy atom. The summed E-state index contributed by atoms with van der Waals surface area (Å²) in [5.74, 6) is 1.79. The molecule has 0 bridgehead atoms. The molecule has 0 saturated carbocycles. The maximum atomic E-state index is 12.8. The maximum Gasteiger partial charge on any atom is 0.289 e. The molecule has 0 spiro atoms. The maximum absolute atomic E-state index is 12.8. The molecular weight excluding hydrogens is 516 g/mol. The Kier molecular flexibility index (Phi) is 8.58. The Balaban J connectivity index is 1.16. The van der Waals surface area contributed by atoms with Crippen molar-refractivity contribution in [2.75, 3.05) is 39.4 Å². The van der Waals surface area contributed by atoms with E-state index in [0.29, 0.717) is 62.0 Å². The number of carbonyl (C=O) groups is 2. The van der Waals surface area contributed by atoms with Crippen molar-refractivity contribution in [3.8, 4) is 5.75 Å². The van der Waals surface area contributed by atoms with Gasteiger partial charge in [0.2, 0.25) is 0 Å². The zero-order chi connectivity index (χ0) is 27.4. The number of ether oxygens (including phenoxy) is 2. The van der Waals surface area contributed by atoms with Gasteiger partial charge in [0.1, 0.15) is 5.75 Å². The number of nitrogens with zero attached hydrogens (tertiary/aromatic N) is 2. The summed E-state index contributed by atoms with van der Waals surface area (Å²) in [7, 11) is 0.